The van der Waals surface area contributed by atoms with Gasteiger partial charge in [-0.2, -0.15) is 0 Å². The van der Waals surface area contributed by atoms with Gasteiger partial charge < -0.3 is 9.67 Å². The number of carboxylic acid groups (broad SMARTS) is 1. The predicted octanol–water partition coefficient (Wildman–Crippen LogP) is 3.33. The maximum atomic E-state index is 11.4. The van der Waals surface area contributed by atoms with Crippen molar-refractivity contribution in [3.8, 4) is 0 Å². The molecule has 2 aromatic rings. The molecule has 0 atom stereocenters. The summed E-state index contributed by atoms with van der Waals surface area (Å²) >= 11 is 0. The third kappa shape index (κ3) is 1.70. The highest BCUT2D eigenvalue weighted by atomic mass is 16.4. The van der Waals surface area contributed by atoms with Gasteiger partial charge in [-0.3, -0.25) is 4.79 Å². The number of hydrogen-bond donors (Lipinski definition) is 1. The first kappa shape index (κ1) is 12.7. The molecule has 0 aliphatic carbocycles. The fraction of sp³-hybridized carbons (Fsp3) is 0.400. The van der Waals surface area contributed by atoms with Gasteiger partial charge in [-0.15, -0.1) is 0 Å². The van der Waals surface area contributed by atoms with Crippen LogP contribution in [0.3, 0.4) is 0 Å². The van der Waals surface area contributed by atoms with Gasteiger partial charge in [-0.25, -0.2) is 0 Å². The second-order valence-corrected chi connectivity index (χ2v) is 5.23. The van der Waals surface area contributed by atoms with Gasteiger partial charge in [0.05, 0.1) is 10.9 Å². The Labute approximate surface area is 107 Å². The van der Waals surface area contributed by atoms with Crippen molar-refractivity contribution in [3.05, 3.63) is 35.5 Å². The van der Waals surface area contributed by atoms with Crippen LogP contribution in [0.5, 0.6) is 0 Å². The summed E-state index contributed by atoms with van der Waals surface area (Å²) < 4.78 is 2.13. The number of aryl methyl sites for hydroxylation is 2. The zero-order valence-electron chi connectivity index (χ0n) is 11.3. The number of benzene rings is 1. The van der Waals surface area contributed by atoms with Gasteiger partial charge in [0.15, 0.2) is 0 Å². The number of para-hydroxylation sites is 1. The van der Waals surface area contributed by atoms with E-state index in [0.717, 1.165) is 23.0 Å². The Bertz CT molecular complexity index is 608. The number of hydrogen-bond acceptors (Lipinski definition) is 1. The van der Waals surface area contributed by atoms with E-state index >= 15 is 0 Å². The van der Waals surface area contributed by atoms with Crippen molar-refractivity contribution in [2.24, 2.45) is 0 Å². The fourth-order valence-corrected chi connectivity index (χ4v) is 2.41. The largest absolute Gasteiger partial charge is 0.481 e. The molecule has 0 bridgehead atoms. The molecule has 3 nitrogen and oxygen atoms in total. The van der Waals surface area contributed by atoms with Gasteiger partial charge in [-0.05, 0) is 38.8 Å². The maximum absolute atomic E-state index is 11.4. The summed E-state index contributed by atoms with van der Waals surface area (Å²) in [5.74, 6) is -0.792. The molecule has 0 fully saturated rings. The molecule has 0 aliphatic heterocycles. The van der Waals surface area contributed by atoms with E-state index in [-0.39, 0.29) is 0 Å². The van der Waals surface area contributed by atoms with Crippen LogP contribution in [0.4, 0.5) is 0 Å². The highest BCUT2D eigenvalue weighted by molar-refractivity contribution is 5.93. The average molecular weight is 245 g/mol. The summed E-state index contributed by atoms with van der Waals surface area (Å²) in [5, 5.41) is 10.4. The Balaban J connectivity index is 2.82. The van der Waals surface area contributed by atoms with Gasteiger partial charge in [-0.1, -0.05) is 18.2 Å². The molecule has 1 N–H and O–H groups in total. The Morgan fingerprint density at radius 3 is 2.61 bits per heavy atom. The molecule has 2 rings (SSSR count). The number of carboxylic acids is 1. The zero-order valence-corrected chi connectivity index (χ0v) is 11.3. The van der Waals surface area contributed by atoms with Crippen LogP contribution in [-0.2, 0) is 16.8 Å². The summed E-state index contributed by atoms with van der Waals surface area (Å²) in [7, 11) is 0. The molecule has 0 aliphatic rings. The number of aliphatic carboxylic acids is 1. The first-order valence-electron chi connectivity index (χ1n) is 6.22. The van der Waals surface area contributed by atoms with Crippen LogP contribution in [0.15, 0.2) is 24.4 Å². The van der Waals surface area contributed by atoms with Gasteiger partial charge in [0.2, 0.25) is 0 Å². The molecule has 3 heteroatoms. The van der Waals surface area contributed by atoms with Crippen LogP contribution in [-0.4, -0.2) is 15.6 Å². The highest BCUT2D eigenvalue weighted by Gasteiger charge is 2.32. The van der Waals surface area contributed by atoms with E-state index < -0.39 is 11.4 Å². The van der Waals surface area contributed by atoms with Crippen LogP contribution in [0.1, 0.15) is 31.9 Å². The van der Waals surface area contributed by atoms with Crippen molar-refractivity contribution in [1.29, 1.82) is 0 Å². The van der Waals surface area contributed by atoms with E-state index in [1.165, 1.54) is 5.56 Å². The summed E-state index contributed by atoms with van der Waals surface area (Å²) in [6.07, 6.45) is 1.98. The Hall–Kier alpha value is -1.77. The van der Waals surface area contributed by atoms with Crippen LogP contribution >= 0.6 is 0 Å². The van der Waals surface area contributed by atoms with E-state index in [0.29, 0.717) is 0 Å². The van der Waals surface area contributed by atoms with Gasteiger partial charge in [0, 0.05) is 18.1 Å². The zero-order chi connectivity index (χ0) is 13.5. The van der Waals surface area contributed by atoms with Crippen LogP contribution in [0.2, 0.25) is 0 Å². The Kier molecular flexibility index (Phi) is 2.93. The molecule has 1 aromatic carbocycles. The summed E-state index contributed by atoms with van der Waals surface area (Å²) in [6, 6.07) is 6.06. The second-order valence-electron chi connectivity index (χ2n) is 5.23. The number of carbonyl (C=O) groups is 1. The lowest BCUT2D eigenvalue weighted by molar-refractivity contribution is -0.142. The lowest BCUT2D eigenvalue weighted by Crippen LogP contribution is -2.28. The monoisotopic (exact) mass is 245 g/mol. The molecule has 0 unspecified atom stereocenters. The molecular formula is C15H19NO2. The number of aromatic nitrogens is 1. The normalized spacial score (nSPS) is 12.0. The number of rotatable bonds is 3. The molecule has 1 aromatic heterocycles. The van der Waals surface area contributed by atoms with E-state index in [1.807, 2.05) is 18.3 Å². The SMILES string of the molecule is CCn1cc(C(C)(C)C(=O)O)c2cccc(C)c21. The quantitative estimate of drug-likeness (QED) is 0.901. The van der Waals surface area contributed by atoms with E-state index in [2.05, 4.69) is 24.5 Å². The van der Waals surface area contributed by atoms with Gasteiger partial charge in [0.1, 0.15) is 0 Å². The molecule has 1 heterocycles. The first-order valence-corrected chi connectivity index (χ1v) is 6.22. The van der Waals surface area contributed by atoms with Crippen molar-refractivity contribution in [3.63, 3.8) is 0 Å². The van der Waals surface area contributed by atoms with Crippen molar-refractivity contribution in [2.75, 3.05) is 0 Å². The Morgan fingerprint density at radius 2 is 2.06 bits per heavy atom. The molecule has 0 spiro atoms. The summed E-state index contributed by atoms with van der Waals surface area (Å²) in [5.41, 5.74) is 2.34. The highest BCUT2D eigenvalue weighted by Crippen LogP contribution is 2.33. The van der Waals surface area contributed by atoms with Crippen molar-refractivity contribution in [2.45, 2.75) is 39.7 Å². The lowest BCUT2D eigenvalue weighted by atomic mass is 9.84. The smallest absolute Gasteiger partial charge is 0.313 e. The summed E-state index contributed by atoms with van der Waals surface area (Å²) in [4.78, 5) is 11.4. The number of fused-ring (bicyclic) bond motifs is 1. The Morgan fingerprint density at radius 1 is 1.39 bits per heavy atom. The molecule has 0 radical (unpaired) electrons. The third-order valence-electron chi connectivity index (χ3n) is 3.65. The summed E-state index contributed by atoms with van der Waals surface area (Å²) in [6.45, 7) is 8.49. The van der Waals surface area contributed by atoms with E-state index in [1.54, 1.807) is 13.8 Å². The molecule has 0 saturated heterocycles. The first-order chi connectivity index (χ1) is 8.39. The van der Waals surface area contributed by atoms with E-state index in [9.17, 15) is 9.90 Å². The standard InChI is InChI=1S/C15H19NO2/c1-5-16-9-12(15(3,4)14(17)18)11-8-6-7-10(2)13(11)16/h6-9H,5H2,1-4H3,(H,17,18). The van der Waals surface area contributed by atoms with Crippen molar-refractivity contribution >= 4 is 16.9 Å². The van der Waals surface area contributed by atoms with E-state index in [4.69, 9.17) is 0 Å². The van der Waals surface area contributed by atoms with Crippen LogP contribution in [0, 0.1) is 6.92 Å². The average Bonchev–Trinajstić information content (AvgIpc) is 2.69. The second kappa shape index (κ2) is 4.16. The minimum atomic E-state index is -0.869. The molecule has 18 heavy (non-hydrogen) atoms. The molecule has 96 valence electrons. The van der Waals surface area contributed by atoms with Gasteiger partial charge in [0.25, 0.3) is 0 Å². The number of nitrogens with zero attached hydrogens (tertiary/aromatic N) is 1. The molecule has 0 saturated carbocycles. The fourth-order valence-electron chi connectivity index (χ4n) is 2.41. The predicted molar refractivity (Wildman–Crippen MR) is 73.0 cm³/mol. The topological polar surface area (TPSA) is 42.2 Å². The molecular weight excluding hydrogens is 226 g/mol. The van der Waals surface area contributed by atoms with Gasteiger partial charge >= 0.3 is 5.97 Å². The minimum Gasteiger partial charge on any atom is -0.481 e. The van der Waals surface area contributed by atoms with Crippen LogP contribution < -0.4 is 0 Å². The lowest BCUT2D eigenvalue weighted by Gasteiger charge is -2.18. The minimum absolute atomic E-state index is 0.792. The van der Waals surface area contributed by atoms with Crippen LogP contribution in [0.25, 0.3) is 10.9 Å². The third-order valence-corrected chi connectivity index (χ3v) is 3.65. The van der Waals surface area contributed by atoms with Crippen molar-refractivity contribution < 1.29 is 9.90 Å². The molecule has 0 amide bonds. The maximum Gasteiger partial charge on any atom is 0.313 e. The van der Waals surface area contributed by atoms with Crippen molar-refractivity contribution in [1.82, 2.24) is 4.57 Å².